The topological polar surface area (TPSA) is 75.3 Å². The number of hydrogen-bond donors (Lipinski definition) is 2. The predicted molar refractivity (Wildman–Crippen MR) is 117 cm³/mol. The van der Waals surface area contributed by atoms with Gasteiger partial charge in [0.15, 0.2) is 0 Å². The van der Waals surface area contributed by atoms with Crippen molar-refractivity contribution in [3.05, 3.63) is 88.5 Å². The van der Waals surface area contributed by atoms with E-state index in [9.17, 15) is 13.2 Å². The van der Waals surface area contributed by atoms with Crippen LogP contribution in [0.3, 0.4) is 0 Å². The molecule has 0 atom stereocenters. The monoisotopic (exact) mass is 408 g/mol. The van der Waals surface area contributed by atoms with Crippen LogP contribution in [0.4, 0.5) is 11.4 Å². The Balaban J connectivity index is 1.82. The Morgan fingerprint density at radius 3 is 2.03 bits per heavy atom. The summed E-state index contributed by atoms with van der Waals surface area (Å²) in [4.78, 5) is 12.9. The van der Waals surface area contributed by atoms with E-state index in [1.54, 1.807) is 42.5 Å². The van der Waals surface area contributed by atoms with Crippen molar-refractivity contribution in [3.8, 4) is 0 Å². The molecule has 0 fully saturated rings. The van der Waals surface area contributed by atoms with E-state index in [1.807, 2.05) is 39.8 Å². The Hall–Kier alpha value is -3.12. The molecule has 0 unspecified atom stereocenters. The summed E-state index contributed by atoms with van der Waals surface area (Å²) >= 11 is 0. The fourth-order valence-electron chi connectivity index (χ4n) is 3.22. The van der Waals surface area contributed by atoms with Crippen LogP contribution in [-0.2, 0) is 10.0 Å². The molecule has 5 nitrogen and oxygen atoms in total. The zero-order valence-electron chi connectivity index (χ0n) is 16.9. The van der Waals surface area contributed by atoms with Crippen molar-refractivity contribution in [1.29, 1.82) is 0 Å². The molecule has 2 N–H and O–H groups in total. The fourth-order valence-corrected chi connectivity index (χ4v) is 4.27. The first-order valence-corrected chi connectivity index (χ1v) is 10.7. The molecule has 0 saturated heterocycles. The number of benzene rings is 3. The highest BCUT2D eigenvalue weighted by atomic mass is 32.2. The van der Waals surface area contributed by atoms with Gasteiger partial charge in [-0.25, -0.2) is 8.42 Å². The van der Waals surface area contributed by atoms with E-state index in [4.69, 9.17) is 0 Å². The second-order valence-electron chi connectivity index (χ2n) is 7.23. The lowest BCUT2D eigenvalue weighted by atomic mass is 10.0. The molecule has 150 valence electrons. The van der Waals surface area contributed by atoms with Crippen LogP contribution in [0.2, 0.25) is 0 Å². The second-order valence-corrected chi connectivity index (χ2v) is 8.91. The molecule has 0 heterocycles. The smallest absolute Gasteiger partial charge is 0.261 e. The second kappa shape index (κ2) is 8.09. The Kier molecular flexibility index (Phi) is 5.75. The first kappa shape index (κ1) is 20.6. The van der Waals surface area contributed by atoms with Gasteiger partial charge in [-0.3, -0.25) is 9.52 Å². The standard InChI is InChI=1S/C23H24N2O3S/c1-15-8-10-21(11-9-15)29(27,28)25-20-7-5-6-19(14-20)23(26)24-22-17(3)12-16(2)13-18(22)4/h5-14,25H,1-4H3,(H,24,26). The number of carbonyl (C=O) groups is 1. The summed E-state index contributed by atoms with van der Waals surface area (Å²) in [6, 6.07) is 17.0. The van der Waals surface area contributed by atoms with Gasteiger partial charge in [-0.15, -0.1) is 0 Å². The van der Waals surface area contributed by atoms with Crippen LogP contribution in [0, 0.1) is 27.7 Å². The number of aryl methyl sites for hydroxylation is 4. The Labute approximate surface area is 171 Å². The molecule has 0 aliphatic carbocycles. The van der Waals surface area contributed by atoms with E-state index in [0.29, 0.717) is 11.3 Å². The van der Waals surface area contributed by atoms with Crippen LogP contribution in [0.5, 0.6) is 0 Å². The third-order valence-corrected chi connectivity index (χ3v) is 6.02. The van der Waals surface area contributed by atoms with Gasteiger partial charge in [-0.05, 0) is 69.2 Å². The quantitative estimate of drug-likeness (QED) is 0.626. The maximum atomic E-state index is 12.7. The molecule has 0 aromatic heterocycles. The summed E-state index contributed by atoms with van der Waals surface area (Å²) in [7, 11) is -3.73. The van der Waals surface area contributed by atoms with Gasteiger partial charge >= 0.3 is 0 Å². The Bertz CT molecular complexity index is 1140. The third-order valence-electron chi connectivity index (χ3n) is 4.62. The zero-order chi connectivity index (χ0) is 21.2. The molecular formula is C23H24N2O3S. The first-order valence-electron chi connectivity index (χ1n) is 9.24. The molecule has 3 aromatic rings. The molecule has 0 aliphatic heterocycles. The van der Waals surface area contributed by atoms with Crippen LogP contribution < -0.4 is 10.0 Å². The number of sulfonamides is 1. The Morgan fingerprint density at radius 2 is 1.41 bits per heavy atom. The SMILES string of the molecule is Cc1ccc(S(=O)(=O)Nc2cccc(C(=O)Nc3c(C)cc(C)cc3C)c2)cc1. The van der Waals surface area contributed by atoms with Gasteiger partial charge in [-0.2, -0.15) is 0 Å². The van der Waals surface area contributed by atoms with Crippen LogP contribution in [0.15, 0.2) is 65.6 Å². The summed E-state index contributed by atoms with van der Waals surface area (Å²) in [5.41, 5.74) is 5.53. The molecule has 3 rings (SSSR count). The maximum Gasteiger partial charge on any atom is 0.261 e. The van der Waals surface area contributed by atoms with Gasteiger partial charge in [0.1, 0.15) is 0 Å². The molecule has 0 bridgehead atoms. The lowest BCUT2D eigenvalue weighted by Crippen LogP contribution is -2.16. The minimum absolute atomic E-state index is 0.170. The first-order chi connectivity index (χ1) is 13.7. The molecule has 29 heavy (non-hydrogen) atoms. The van der Waals surface area contributed by atoms with Crippen molar-refractivity contribution in [2.75, 3.05) is 10.0 Å². The molecule has 1 amide bonds. The summed E-state index contributed by atoms with van der Waals surface area (Å²) < 4.78 is 27.7. The number of anilines is 2. The zero-order valence-corrected chi connectivity index (χ0v) is 17.7. The van der Waals surface area contributed by atoms with Crippen molar-refractivity contribution in [3.63, 3.8) is 0 Å². The fraction of sp³-hybridized carbons (Fsp3) is 0.174. The average Bonchev–Trinajstić information content (AvgIpc) is 2.64. The van der Waals surface area contributed by atoms with E-state index >= 15 is 0 Å². The minimum Gasteiger partial charge on any atom is -0.322 e. The van der Waals surface area contributed by atoms with Crippen molar-refractivity contribution in [2.45, 2.75) is 32.6 Å². The highest BCUT2D eigenvalue weighted by Gasteiger charge is 2.16. The van der Waals surface area contributed by atoms with Crippen LogP contribution in [-0.4, -0.2) is 14.3 Å². The molecule has 0 aliphatic rings. The largest absolute Gasteiger partial charge is 0.322 e. The predicted octanol–water partition coefficient (Wildman–Crippen LogP) is 4.97. The van der Waals surface area contributed by atoms with E-state index in [1.165, 1.54) is 6.07 Å². The third kappa shape index (κ3) is 4.84. The summed E-state index contributed by atoms with van der Waals surface area (Å²) in [5, 5.41) is 2.93. The summed E-state index contributed by atoms with van der Waals surface area (Å²) in [6.45, 7) is 7.79. The van der Waals surface area contributed by atoms with Gasteiger partial charge < -0.3 is 5.32 Å². The highest BCUT2D eigenvalue weighted by molar-refractivity contribution is 7.92. The van der Waals surface area contributed by atoms with E-state index in [-0.39, 0.29) is 10.8 Å². The number of amides is 1. The number of rotatable bonds is 5. The summed E-state index contributed by atoms with van der Waals surface area (Å²) in [6.07, 6.45) is 0. The normalized spacial score (nSPS) is 11.2. The van der Waals surface area contributed by atoms with E-state index in [0.717, 1.165) is 27.9 Å². The van der Waals surface area contributed by atoms with Gasteiger partial charge in [0.05, 0.1) is 4.90 Å². The van der Waals surface area contributed by atoms with Crippen molar-refractivity contribution in [2.24, 2.45) is 0 Å². The van der Waals surface area contributed by atoms with Crippen molar-refractivity contribution >= 4 is 27.3 Å². The lowest BCUT2D eigenvalue weighted by molar-refractivity contribution is 0.102. The molecular weight excluding hydrogens is 384 g/mol. The van der Waals surface area contributed by atoms with Gasteiger partial charge in [0, 0.05) is 16.9 Å². The number of carbonyl (C=O) groups excluding carboxylic acids is 1. The molecule has 0 spiro atoms. The van der Waals surface area contributed by atoms with Crippen LogP contribution >= 0.6 is 0 Å². The van der Waals surface area contributed by atoms with E-state index < -0.39 is 10.0 Å². The molecule has 6 heteroatoms. The average molecular weight is 409 g/mol. The summed E-state index contributed by atoms with van der Waals surface area (Å²) in [5.74, 6) is -0.295. The van der Waals surface area contributed by atoms with Gasteiger partial charge in [0.2, 0.25) is 0 Å². The number of hydrogen-bond acceptors (Lipinski definition) is 3. The molecule has 0 radical (unpaired) electrons. The van der Waals surface area contributed by atoms with Crippen molar-refractivity contribution in [1.82, 2.24) is 0 Å². The highest BCUT2D eigenvalue weighted by Crippen LogP contribution is 2.23. The van der Waals surface area contributed by atoms with Gasteiger partial charge in [-0.1, -0.05) is 41.5 Å². The van der Waals surface area contributed by atoms with Gasteiger partial charge in [0.25, 0.3) is 15.9 Å². The molecule has 3 aromatic carbocycles. The lowest BCUT2D eigenvalue weighted by Gasteiger charge is -2.14. The minimum atomic E-state index is -3.73. The van der Waals surface area contributed by atoms with Crippen LogP contribution in [0.1, 0.15) is 32.6 Å². The molecule has 0 saturated carbocycles. The van der Waals surface area contributed by atoms with Crippen molar-refractivity contribution < 1.29 is 13.2 Å². The Morgan fingerprint density at radius 1 is 0.793 bits per heavy atom. The number of nitrogens with one attached hydrogen (secondary N) is 2. The van der Waals surface area contributed by atoms with E-state index in [2.05, 4.69) is 10.0 Å². The van der Waals surface area contributed by atoms with Crippen LogP contribution in [0.25, 0.3) is 0 Å². The maximum absolute atomic E-state index is 12.7.